The number of aryl methyl sites for hydroxylation is 2. The summed E-state index contributed by atoms with van der Waals surface area (Å²) in [6.07, 6.45) is 5.59. The lowest BCUT2D eigenvalue weighted by molar-refractivity contribution is -0.131. The van der Waals surface area contributed by atoms with Gasteiger partial charge in [-0.2, -0.15) is 0 Å². The molecular weight excluding hydrogens is 340 g/mol. The molecule has 0 bridgehead atoms. The summed E-state index contributed by atoms with van der Waals surface area (Å²) in [5, 5.41) is 11.1. The zero-order chi connectivity index (χ0) is 18.7. The van der Waals surface area contributed by atoms with Crippen molar-refractivity contribution in [2.45, 2.75) is 45.7 Å². The van der Waals surface area contributed by atoms with Crippen LogP contribution in [0.4, 0.5) is 0 Å². The van der Waals surface area contributed by atoms with E-state index in [2.05, 4.69) is 56.5 Å². The van der Waals surface area contributed by atoms with Crippen LogP contribution >= 0.6 is 0 Å². The summed E-state index contributed by atoms with van der Waals surface area (Å²) in [4.78, 5) is 17.2. The molecule has 2 fully saturated rings. The van der Waals surface area contributed by atoms with Crippen molar-refractivity contribution >= 4 is 5.91 Å². The molecule has 0 saturated carbocycles. The quantitative estimate of drug-likeness (QED) is 0.806. The molecule has 2 saturated heterocycles. The van der Waals surface area contributed by atoms with Crippen LogP contribution in [0.5, 0.6) is 0 Å². The second-order valence-corrected chi connectivity index (χ2v) is 8.19. The first-order valence-corrected chi connectivity index (χ1v) is 9.88. The summed E-state index contributed by atoms with van der Waals surface area (Å²) >= 11 is 0. The van der Waals surface area contributed by atoms with E-state index in [1.165, 1.54) is 24.0 Å². The molecule has 144 valence electrons. The zero-order valence-corrected chi connectivity index (χ0v) is 16.0. The highest BCUT2D eigenvalue weighted by Gasteiger charge is 2.42. The lowest BCUT2D eigenvalue weighted by Gasteiger charge is -2.40. The van der Waals surface area contributed by atoms with Crippen LogP contribution in [0.1, 0.15) is 36.8 Å². The number of hydrogen-bond donors (Lipinski definition) is 0. The van der Waals surface area contributed by atoms with Gasteiger partial charge in [-0.3, -0.25) is 9.69 Å². The monoisotopic (exact) mass is 368 g/mol. The van der Waals surface area contributed by atoms with Crippen molar-refractivity contribution in [3.8, 4) is 0 Å². The fraction of sp³-hybridized carbons (Fsp3) is 0.600. The first kappa shape index (κ1) is 18.1. The molecule has 1 spiro atoms. The predicted octanol–water partition coefficient (Wildman–Crippen LogP) is 1.89. The number of hydrogen-bond acceptors (Lipinski definition) is 5. The first-order valence-electron chi connectivity index (χ1n) is 9.88. The highest BCUT2D eigenvalue weighted by atomic mass is 16.2. The van der Waals surface area contributed by atoms with Gasteiger partial charge < -0.3 is 4.90 Å². The molecule has 3 heterocycles. The van der Waals surface area contributed by atoms with Gasteiger partial charge in [0.05, 0.1) is 6.54 Å². The summed E-state index contributed by atoms with van der Waals surface area (Å²) in [6, 6.07) is 8.80. The molecule has 1 aromatic carbocycles. The third-order valence-corrected chi connectivity index (χ3v) is 5.97. The van der Waals surface area contributed by atoms with E-state index in [9.17, 15) is 4.79 Å². The van der Waals surface area contributed by atoms with Crippen molar-refractivity contribution in [3.63, 3.8) is 0 Å². The van der Waals surface area contributed by atoms with E-state index in [1.54, 1.807) is 11.0 Å². The molecule has 4 rings (SSSR count). The number of carbonyl (C=O) groups excluding carboxylic acids is 1. The summed E-state index contributed by atoms with van der Waals surface area (Å²) in [5.74, 6) is 0.221. The number of piperidine rings is 1. The van der Waals surface area contributed by atoms with Gasteiger partial charge in [0, 0.05) is 38.0 Å². The minimum absolute atomic E-state index is 0.221. The fourth-order valence-electron chi connectivity index (χ4n) is 4.65. The molecule has 2 aliphatic heterocycles. The molecule has 7 heteroatoms. The normalized spacial score (nSPS) is 23.2. The Labute approximate surface area is 160 Å². The van der Waals surface area contributed by atoms with E-state index in [1.807, 2.05) is 0 Å². The largest absolute Gasteiger partial charge is 0.342 e. The molecule has 0 N–H and O–H groups in total. The Kier molecular flexibility index (Phi) is 5.20. The van der Waals surface area contributed by atoms with Gasteiger partial charge in [0.15, 0.2) is 0 Å². The second kappa shape index (κ2) is 7.76. The van der Waals surface area contributed by atoms with Gasteiger partial charge in [-0.15, -0.1) is 5.10 Å². The Morgan fingerprint density at radius 3 is 2.96 bits per heavy atom. The van der Waals surface area contributed by atoms with E-state index < -0.39 is 0 Å². The predicted molar refractivity (Wildman–Crippen MR) is 102 cm³/mol. The molecule has 7 nitrogen and oxygen atoms in total. The molecule has 27 heavy (non-hydrogen) atoms. The highest BCUT2D eigenvalue weighted by molar-refractivity contribution is 5.76. The van der Waals surface area contributed by atoms with Crippen molar-refractivity contribution in [2.24, 2.45) is 5.41 Å². The van der Waals surface area contributed by atoms with Crippen LogP contribution in [0.25, 0.3) is 0 Å². The number of likely N-dealkylation sites (tertiary alicyclic amines) is 2. The third-order valence-electron chi connectivity index (χ3n) is 5.97. The van der Waals surface area contributed by atoms with E-state index in [0.29, 0.717) is 13.0 Å². The number of carbonyl (C=O) groups is 1. The minimum atomic E-state index is 0.221. The zero-order valence-electron chi connectivity index (χ0n) is 16.0. The lowest BCUT2D eigenvalue weighted by Crippen LogP contribution is -2.45. The van der Waals surface area contributed by atoms with Gasteiger partial charge in [-0.05, 0) is 48.7 Å². The number of amides is 1. The van der Waals surface area contributed by atoms with Gasteiger partial charge >= 0.3 is 0 Å². The van der Waals surface area contributed by atoms with Crippen LogP contribution in [-0.4, -0.2) is 62.1 Å². The maximum atomic E-state index is 12.6. The van der Waals surface area contributed by atoms with Crippen LogP contribution in [-0.2, 0) is 17.9 Å². The standard InChI is InChI=1S/C20H28N6O/c1-17-4-2-5-18(12-17)13-24-9-3-7-20(14-24)8-11-25(15-20)19(27)6-10-26-16-21-22-23-26/h2,4-5,12,16H,3,6-11,13-15H2,1H3/t20-/m1/s1. The van der Waals surface area contributed by atoms with E-state index in [4.69, 9.17) is 0 Å². The Balaban J connectivity index is 1.32. The Hall–Kier alpha value is -2.28. The lowest BCUT2D eigenvalue weighted by atomic mass is 9.79. The number of benzene rings is 1. The number of aromatic nitrogens is 4. The van der Waals surface area contributed by atoms with Gasteiger partial charge in [0.25, 0.3) is 0 Å². The van der Waals surface area contributed by atoms with E-state index in [-0.39, 0.29) is 11.3 Å². The fourth-order valence-corrected chi connectivity index (χ4v) is 4.65. The summed E-state index contributed by atoms with van der Waals surface area (Å²) in [7, 11) is 0. The van der Waals surface area contributed by atoms with Crippen molar-refractivity contribution in [1.29, 1.82) is 0 Å². The van der Waals surface area contributed by atoms with Crippen molar-refractivity contribution < 1.29 is 4.79 Å². The molecule has 2 aliphatic rings. The Bertz CT molecular complexity index is 777. The van der Waals surface area contributed by atoms with Crippen molar-refractivity contribution in [3.05, 3.63) is 41.7 Å². The molecule has 1 atom stereocenters. The van der Waals surface area contributed by atoms with Gasteiger partial charge in [-0.25, -0.2) is 4.68 Å². The van der Waals surface area contributed by atoms with Crippen molar-refractivity contribution in [1.82, 2.24) is 30.0 Å². The third kappa shape index (κ3) is 4.35. The van der Waals surface area contributed by atoms with Crippen LogP contribution in [0.15, 0.2) is 30.6 Å². The van der Waals surface area contributed by atoms with Crippen molar-refractivity contribution in [2.75, 3.05) is 26.2 Å². The summed E-state index contributed by atoms with van der Waals surface area (Å²) in [5.41, 5.74) is 2.98. The SMILES string of the molecule is Cc1cccc(CN2CCC[C@@]3(CCN(C(=O)CCn4cnnn4)C3)C2)c1. The number of tetrazole rings is 1. The van der Waals surface area contributed by atoms with E-state index >= 15 is 0 Å². The van der Waals surface area contributed by atoms with Crippen LogP contribution in [0.2, 0.25) is 0 Å². The molecular formula is C20H28N6O. The van der Waals surface area contributed by atoms with Crippen LogP contribution < -0.4 is 0 Å². The molecule has 1 aromatic heterocycles. The molecule has 2 aromatic rings. The Morgan fingerprint density at radius 1 is 1.22 bits per heavy atom. The average Bonchev–Trinajstić information content (AvgIpc) is 3.30. The molecule has 1 amide bonds. The van der Waals surface area contributed by atoms with E-state index in [0.717, 1.165) is 39.1 Å². The highest BCUT2D eigenvalue weighted by Crippen LogP contribution is 2.39. The van der Waals surface area contributed by atoms with Gasteiger partial charge in [-0.1, -0.05) is 29.8 Å². The molecule has 0 aliphatic carbocycles. The number of rotatable bonds is 5. The Morgan fingerprint density at radius 2 is 2.15 bits per heavy atom. The summed E-state index contributed by atoms with van der Waals surface area (Å²) in [6.45, 7) is 7.74. The van der Waals surface area contributed by atoms with Gasteiger partial charge in [0.1, 0.15) is 6.33 Å². The molecule has 0 unspecified atom stereocenters. The van der Waals surface area contributed by atoms with Gasteiger partial charge in [0.2, 0.25) is 5.91 Å². The van der Waals surface area contributed by atoms with Crippen LogP contribution in [0.3, 0.4) is 0 Å². The molecule has 0 radical (unpaired) electrons. The minimum Gasteiger partial charge on any atom is -0.342 e. The second-order valence-electron chi connectivity index (χ2n) is 8.19. The average molecular weight is 368 g/mol. The number of nitrogens with zero attached hydrogens (tertiary/aromatic N) is 6. The summed E-state index contributed by atoms with van der Waals surface area (Å²) < 4.78 is 1.62. The maximum Gasteiger partial charge on any atom is 0.224 e. The first-order chi connectivity index (χ1) is 13.1. The topological polar surface area (TPSA) is 67.2 Å². The van der Waals surface area contributed by atoms with Crippen LogP contribution in [0, 0.1) is 12.3 Å². The smallest absolute Gasteiger partial charge is 0.224 e. The maximum absolute atomic E-state index is 12.6.